The van der Waals surface area contributed by atoms with Crippen LogP contribution >= 0.6 is 0 Å². The Labute approximate surface area is 114 Å². The van der Waals surface area contributed by atoms with Gasteiger partial charge in [0.25, 0.3) is 0 Å². The summed E-state index contributed by atoms with van der Waals surface area (Å²) in [5.74, 6) is 0.513. The van der Waals surface area contributed by atoms with Gasteiger partial charge in [0.1, 0.15) is 5.69 Å². The van der Waals surface area contributed by atoms with E-state index in [4.69, 9.17) is 0 Å². The van der Waals surface area contributed by atoms with Crippen LogP contribution in [-0.2, 0) is 0 Å². The van der Waals surface area contributed by atoms with E-state index in [2.05, 4.69) is 31.2 Å². The largest absolute Gasteiger partial charge is 0.364 e. The summed E-state index contributed by atoms with van der Waals surface area (Å²) >= 11 is 0. The lowest BCUT2D eigenvalue weighted by molar-refractivity contribution is -0.384. The zero-order valence-electron chi connectivity index (χ0n) is 12.6. The molecule has 19 heavy (non-hydrogen) atoms. The van der Waals surface area contributed by atoms with Crippen LogP contribution in [0.25, 0.3) is 0 Å². The molecule has 0 aliphatic carbocycles. The average Bonchev–Trinajstić information content (AvgIpc) is 2.64. The summed E-state index contributed by atoms with van der Waals surface area (Å²) in [6.07, 6.45) is 1.00. The summed E-state index contributed by atoms with van der Waals surface area (Å²) < 4.78 is 1.69. The Hall–Kier alpha value is -1.59. The lowest BCUT2D eigenvalue weighted by Gasteiger charge is -2.23. The molecule has 0 saturated carbocycles. The number of hydrogen-bond acceptors (Lipinski definition) is 4. The van der Waals surface area contributed by atoms with Crippen LogP contribution in [0.4, 0.5) is 11.5 Å². The van der Waals surface area contributed by atoms with Gasteiger partial charge in [-0.15, -0.1) is 0 Å². The monoisotopic (exact) mass is 268 g/mol. The highest BCUT2D eigenvalue weighted by Crippen LogP contribution is 2.32. The molecule has 0 bridgehead atoms. The molecule has 1 aromatic rings. The third kappa shape index (κ3) is 3.45. The van der Waals surface area contributed by atoms with Gasteiger partial charge in [-0.25, -0.2) is 4.68 Å². The summed E-state index contributed by atoms with van der Waals surface area (Å²) in [6.45, 7) is 12.7. The first kappa shape index (κ1) is 15.5. The van der Waals surface area contributed by atoms with Crippen molar-refractivity contribution in [3.8, 4) is 0 Å². The first-order valence-electron chi connectivity index (χ1n) is 6.67. The number of nitro groups is 1. The highest BCUT2D eigenvalue weighted by Gasteiger charge is 2.27. The molecule has 0 aliphatic heterocycles. The van der Waals surface area contributed by atoms with E-state index in [1.807, 2.05) is 13.8 Å². The van der Waals surface area contributed by atoms with Crippen molar-refractivity contribution < 1.29 is 4.92 Å². The van der Waals surface area contributed by atoms with Crippen molar-refractivity contribution in [2.75, 3.05) is 11.9 Å². The number of nitrogens with one attached hydrogen (secondary N) is 1. The number of aryl methyl sites for hydroxylation is 1. The first-order valence-corrected chi connectivity index (χ1v) is 6.67. The third-order valence-corrected chi connectivity index (χ3v) is 3.42. The summed E-state index contributed by atoms with van der Waals surface area (Å²) in [6, 6.07) is 0.0830. The van der Waals surface area contributed by atoms with Crippen molar-refractivity contribution in [3.63, 3.8) is 0 Å². The fraction of sp³-hybridized carbons (Fsp3) is 0.769. The summed E-state index contributed by atoms with van der Waals surface area (Å²) in [5.41, 5.74) is 0.629. The first-order chi connectivity index (χ1) is 8.69. The van der Waals surface area contributed by atoms with E-state index in [1.165, 1.54) is 0 Å². The normalized spacial score (nSPS) is 11.9. The van der Waals surface area contributed by atoms with Gasteiger partial charge in [-0.05, 0) is 32.6 Å². The van der Waals surface area contributed by atoms with E-state index in [9.17, 15) is 10.1 Å². The second-order valence-electron chi connectivity index (χ2n) is 5.95. The van der Waals surface area contributed by atoms with Crippen molar-refractivity contribution in [2.24, 2.45) is 5.41 Å². The van der Waals surface area contributed by atoms with E-state index in [-0.39, 0.29) is 22.1 Å². The Morgan fingerprint density at radius 3 is 2.47 bits per heavy atom. The molecule has 108 valence electrons. The third-order valence-electron chi connectivity index (χ3n) is 3.42. The molecule has 0 radical (unpaired) electrons. The molecule has 1 heterocycles. The number of hydrogen-bond donors (Lipinski definition) is 1. The maximum atomic E-state index is 11.2. The lowest BCUT2D eigenvalue weighted by Crippen LogP contribution is -2.24. The molecular formula is C13H24N4O2. The molecule has 0 aliphatic rings. The minimum atomic E-state index is -0.359. The van der Waals surface area contributed by atoms with Gasteiger partial charge in [0, 0.05) is 12.6 Å². The predicted molar refractivity (Wildman–Crippen MR) is 76.6 cm³/mol. The molecule has 1 aromatic heterocycles. The molecule has 0 atom stereocenters. The van der Waals surface area contributed by atoms with Crippen molar-refractivity contribution in [2.45, 2.75) is 54.0 Å². The maximum absolute atomic E-state index is 11.2. The molecule has 0 unspecified atom stereocenters. The van der Waals surface area contributed by atoms with E-state index in [0.717, 1.165) is 6.42 Å². The summed E-state index contributed by atoms with van der Waals surface area (Å²) in [7, 11) is 0. The average molecular weight is 268 g/mol. The van der Waals surface area contributed by atoms with Crippen LogP contribution in [0.5, 0.6) is 0 Å². The van der Waals surface area contributed by atoms with E-state index >= 15 is 0 Å². The van der Waals surface area contributed by atoms with Crippen molar-refractivity contribution >= 4 is 11.5 Å². The van der Waals surface area contributed by atoms with Crippen molar-refractivity contribution in [3.05, 3.63) is 15.8 Å². The molecule has 0 spiro atoms. The van der Waals surface area contributed by atoms with Crippen LogP contribution < -0.4 is 5.32 Å². The Morgan fingerprint density at radius 2 is 2.05 bits per heavy atom. The van der Waals surface area contributed by atoms with Crippen molar-refractivity contribution in [1.29, 1.82) is 0 Å². The number of rotatable bonds is 6. The molecule has 1 N–H and O–H groups in total. The van der Waals surface area contributed by atoms with Gasteiger partial charge in [0.2, 0.25) is 5.82 Å². The molecule has 0 aromatic carbocycles. The molecule has 1 rings (SSSR count). The molecule has 0 amide bonds. The van der Waals surface area contributed by atoms with Gasteiger partial charge >= 0.3 is 5.69 Å². The minimum Gasteiger partial charge on any atom is -0.364 e. The predicted octanol–water partition coefficient (Wildman–Crippen LogP) is 3.53. The summed E-state index contributed by atoms with van der Waals surface area (Å²) in [4.78, 5) is 10.8. The van der Waals surface area contributed by atoms with Gasteiger partial charge in [-0.2, -0.15) is 5.10 Å². The Kier molecular flexibility index (Phi) is 4.55. The van der Waals surface area contributed by atoms with Crippen LogP contribution in [0.3, 0.4) is 0 Å². The van der Waals surface area contributed by atoms with Crippen LogP contribution in [0, 0.1) is 22.5 Å². The molecule has 0 saturated heterocycles. The quantitative estimate of drug-likeness (QED) is 0.632. The molecule has 6 nitrogen and oxygen atoms in total. The second-order valence-corrected chi connectivity index (χ2v) is 5.95. The Bertz CT molecular complexity index is 463. The SMILES string of the molecule is CCC(C)(C)CNc1c([N+](=O)[O-])c(C)nn1C(C)C. The highest BCUT2D eigenvalue weighted by atomic mass is 16.6. The summed E-state index contributed by atoms with van der Waals surface area (Å²) in [5, 5.41) is 18.7. The Balaban J connectivity index is 3.12. The Morgan fingerprint density at radius 1 is 1.47 bits per heavy atom. The fourth-order valence-electron chi connectivity index (χ4n) is 1.74. The van der Waals surface area contributed by atoms with Gasteiger partial charge in [0.15, 0.2) is 0 Å². The topological polar surface area (TPSA) is 73.0 Å². The highest BCUT2D eigenvalue weighted by molar-refractivity contribution is 5.59. The molecule has 0 fully saturated rings. The van der Waals surface area contributed by atoms with Gasteiger partial charge in [0.05, 0.1) is 4.92 Å². The molecular weight excluding hydrogens is 244 g/mol. The van der Waals surface area contributed by atoms with Gasteiger partial charge in [-0.1, -0.05) is 20.8 Å². The minimum absolute atomic E-state index is 0.0830. The maximum Gasteiger partial charge on any atom is 0.333 e. The number of aromatic nitrogens is 2. The van der Waals surface area contributed by atoms with Crippen LogP contribution in [0.2, 0.25) is 0 Å². The zero-order chi connectivity index (χ0) is 14.8. The van der Waals surface area contributed by atoms with Crippen LogP contribution in [0.1, 0.15) is 52.8 Å². The van der Waals surface area contributed by atoms with Crippen LogP contribution in [0.15, 0.2) is 0 Å². The van der Waals surface area contributed by atoms with E-state index < -0.39 is 0 Å². The van der Waals surface area contributed by atoms with E-state index in [1.54, 1.807) is 11.6 Å². The molecule has 6 heteroatoms. The lowest BCUT2D eigenvalue weighted by atomic mass is 9.90. The van der Waals surface area contributed by atoms with E-state index in [0.29, 0.717) is 18.1 Å². The van der Waals surface area contributed by atoms with Gasteiger partial charge < -0.3 is 5.32 Å². The van der Waals surface area contributed by atoms with Crippen LogP contribution in [-0.4, -0.2) is 21.2 Å². The second kappa shape index (κ2) is 5.59. The fourth-order valence-corrected chi connectivity index (χ4v) is 1.74. The standard InChI is InChI=1S/C13H24N4O2/c1-7-13(5,6)8-14-12-11(17(18)19)10(4)15-16(12)9(2)3/h9,14H,7-8H2,1-6H3. The smallest absolute Gasteiger partial charge is 0.333 e. The number of nitrogens with zero attached hydrogens (tertiary/aromatic N) is 3. The van der Waals surface area contributed by atoms with Crippen molar-refractivity contribution in [1.82, 2.24) is 9.78 Å². The number of anilines is 1. The van der Waals surface area contributed by atoms with Gasteiger partial charge in [-0.3, -0.25) is 10.1 Å². The zero-order valence-corrected chi connectivity index (χ0v) is 12.6.